The molecule has 2 rings (SSSR count). The monoisotopic (exact) mass is 218 g/mol. The Balaban J connectivity index is 2.05. The summed E-state index contributed by atoms with van der Waals surface area (Å²) in [7, 11) is 0. The third-order valence-corrected chi connectivity index (χ3v) is 3.42. The summed E-state index contributed by atoms with van der Waals surface area (Å²) < 4.78 is 5.43. The Bertz CT molecular complexity index is 384. The lowest BCUT2D eigenvalue weighted by Crippen LogP contribution is -2.23. The van der Waals surface area contributed by atoms with Crippen molar-refractivity contribution in [2.24, 2.45) is 5.92 Å². The fraction of sp³-hybridized carbons (Fsp3) is 0.500. The Morgan fingerprint density at radius 2 is 2.19 bits per heavy atom. The van der Waals surface area contributed by atoms with Crippen molar-refractivity contribution in [2.75, 3.05) is 6.61 Å². The number of carbonyl (C=O) groups is 1. The van der Waals surface area contributed by atoms with E-state index in [1.54, 1.807) is 0 Å². The van der Waals surface area contributed by atoms with Crippen molar-refractivity contribution in [3.8, 4) is 0 Å². The summed E-state index contributed by atoms with van der Waals surface area (Å²) in [6, 6.07) is 8.08. The van der Waals surface area contributed by atoms with Gasteiger partial charge in [-0.15, -0.1) is 0 Å². The van der Waals surface area contributed by atoms with Gasteiger partial charge in [0, 0.05) is 18.9 Å². The summed E-state index contributed by atoms with van der Waals surface area (Å²) >= 11 is 0. The van der Waals surface area contributed by atoms with Crippen LogP contribution in [0.3, 0.4) is 0 Å². The normalized spacial score (nSPS) is 24.6. The Morgan fingerprint density at radius 1 is 1.44 bits per heavy atom. The van der Waals surface area contributed by atoms with Gasteiger partial charge in [-0.25, -0.2) is 0 Å². The summed E-state index contributed by atoms with van der Waals surface area (Å²) in [6.45, 7) is 4.77. The minimum Gasteiger partial charge on any atom is -0.378 e. The molecule has 1 heterocycles. The number of benzene rings is 1. The third-order valence-electron chi connectivity index (χ3n) is 3.42. The van der Waals surface area contributed by atoms with Gasteiger partial charge < -0.3 is 4.74 Å². The van der Waals surface area contributed by atoms with Gasteiger partial charge in [0.2, 0.25) is 0 Å². The lowest BCUT2D eigenvalue weighted by atomic mass is 9.91. The molecule has 0 spiro atoms. The molecule has 0 amide bonds. The summed E-state index contributed by atoms with van der Waals surface area (Å²) in [4.78, 5) is 12.1. The van der Waals surface area contributed by atoms with Crippen LogP contribution in [0.25, 0.3) is 0 Å². The third kappa shape index (κ3) is 2.33. The first-order valence-corrected chi connectivity index (χ1v) is 5.87. The molecule has 2 atom stereocenters. The van der Waals surface area contributed by atoms with Crippen molar-refractivity contribution in [1.29, 1.82) is 0 Å². The van der Waals surface area contributed by atoms with E-state index < -0.39 is 0 Å². The lowest BCUT2D eigenvalue weighted by Gasteiger charge is -2.13. The summed E-state index contributed by atoms with van der Waals surface area (Å²) in [5.41, 5.74) is 2.34. The van der Waals surface area contributed by atoms with E-state index in [0.29, 0.717) is 12.2 Å². The van der Waals surface area contributed by atoms with Crippen LogP contribution in [-0.2, 0) is 16.0 Å². The zero-order chi connectivity index (χ0) is 11.5. The molecule has 86 valence electrons. The van der Waals surface area contributed by atoms with Crippen LogP contribution in [-0.4, -0.2) is 18.5 Å². The van der Waals surface area contributed by atoms with Gasteiger partial charge >= 0.3 is 0 Å². The molecular weight excluding hydrogens is 200 g/mol. The number of hydrogen-bond acceptors (Lipinski definition) is 2. The van der Waals surface area contributed by atoms with E-state index in [0.717, 1.165) is 18.6 Å². The maximum atomic E-state index is 12.1. The van der Waals surface area contributed by atoms with Gasteiger partial charge in [0.1, 0.15) is 5.78 Å². The summed E-state index contributed by atoms with van der Waals surface area (Å²) in [5, 5.41) is 0. The van der Waals surface area contributed by atoms with E-state index in [4.69, 9.17) is 4.74 Å². The maximum absolute atomic E-state index is 12.1. The second-order valence-corrected chi connectivity index (χ2v) is 4.54. The molecule has 0 radical (unpaired) electrons. The minimum absolute atomic E-state index is 0.0940. The van der Waals surface area contributed by atoms with Gasteiger partial charge in [0.25, 0.3) is 0 Å². The van der Waals surface area contributed by atoms with Gasteiger partial charge in [-0.05, 0) is 31.4 Å². The van der Waals surface area contributed by atoms with Crippen molar-refractivity contribution in [1.82, 2.24) is 0 Å². The van der Waals surface area contributed by atoms with Gasteiger partial charge in [-0.2, -0.15) is 0 Å². The molecule has 0 N–H and O–H groups in total. The van der Waals surface area contributed by atoms with Crippen molar-refractivity contribution < 1.29 is 9.53 Å². The molecule has 0 bridgehead atoms. The molecule has 1 aliphatic rings. The SMILES string of the molecule is Cc1ccccc1CC(=O)C1CCOC1C. The average Bonchev–Trinajstić information content (AvgIpc) is 2.68. The van der Waals surface area contributed by atoms with Crippen molar-refractivity contribution in [2.45, 2.75) is 32.8 Å². The smallest absolute Gasteiger partial charge is 0.143 e. The molecule has 2 unspecified atom stereocenters. The number of hydrogen-bond donors (Lipinski definition) is 0. The highest BCUT2D eigenvalue weighted by Gasteiger charge is 2.30. The van der Waals surface area contributed by atoms with Crippen molar-refractivity contribution in [3.63, 3.8) is 0 Å². The molecular formula is C14H18O2. The predicted molar refractivity (Wildman–Crippen MR) is 63.4 cm³/mol. The molecule has 1 saturated heterocycles. The molecule has 2 nitrogen and oxygen atoms in total. The predicted octanol–water partition coefficient (Wildman–Crippen LogP) is 2.53. The average molecular weight is 218 g/mol. The summed E-state index contributed by atoms with van der Waals surface area (Å²) in [6.07, 6.45) is 1.52. The molecule has 1 aromatic carbocycles. The fourth-order valence-corrected chi connectivity index (χ4v) is 2.28. The Morgan fingerprint density at radius 3 is 2.81 bits per heavy atom. The molecule has 0 aromatic heterocycles. The van der Waals surface area contributed by atoms with Crippen LogP contribution in [0.4, 0.5) is 0 Å². The minimum atomic E-state index is 0.0940. The first-order valence-electron chi connectivity index (χ1n) is 5.87. The largest absolute Gasteiger partial charge is 0.378 e. The first kappa shape index (κ1) is 11.3. The first-order chi connectivity index (χ1) is 7.68. The Hall–Kier alpha value is -1.15. The zero-order valence-corrected chi connectivity index (χ0v) is 9.90. The zero-order valence-electron chi connectivity index (χ0n) is 9.90. The fourth-order valence-electron chi connectivity index (χ4n) is 2.28. The quantitative estimate of drug-likeness (QED) is 0.779. The molecule has 1 aliphatic heterocycles. The second kappa shape index (κ2) is 4.79. The molecule has 0 aliphatic carbocycles. The van der Waals surface area contributed by atoms with E-state index in [-0.39, 0.29) is 12.0 Å². The highest BCUT2D eigenvalue weighted by Crippen LogP contribution is 2.23. The van der Waals surface area contributed by atoms with E-state index in [1.165, 1.54) is 5.56 Å². The number of rotatable bonds is 3. The summed E-state index contributed by atoms with van der Waals surface area (Å²) in [5.74, 6) is 0.416. The van der Waals surface area contributed by atoms with Crippen LogP contribution in [0.5, 0.6) is 0 Å². The topological polar surface area (TPSA) is 26.3 Å². The number of aryl methyl sites for hydroxylation is 1. The van der Waals surface area contributed by atoms with Gasteiger partial charge in [-0.3, -0.25) is 4.79 Å². The number of carbonyl (C=O) groups excluding carboxylic acids is 1. The maximum Gasteiger partial charge on any atom is 0.143 e. The van der Waals surface area contributed by atoms with E-state index in [1.807, 2.05) is 25.1 Å². The van der Waals surface area contributed by atoms with Crippen LogP contribution >= 0.6 is 0 Å². The van der Waals surface area contributed by atoms with E-state index in [2.05, 4.69) is 13.0 Å². The van der Waals surface area contributed by atoms with Gasteiger partial charge in [0.15, 0.2) is 0 Å². The van der Waals surface area contributed by atoms with Crippen LogP contribution in [0.1, 0.15) is 24.5 Å². The van der Waals surface area contributed by atoms with E-state index in [9.17, 15) is 4.79 Å². The lowest BCUT2D eigenvalue weighted by molar-refractivity contribution is -0.123. The van der Waals surface area contributed by atoms with Crippen LogP contribution in [0.15, 0.2) is 24.3 Å². The molecule has 16 heavy (non-hydrogen) atoms. The highest BCUT2D eigenvalue weighted by molar-refractivity contribution is 5.84. The molecule has 1 fully saturated rings. The number of Topliss-reactive ketones (excluding diaryl/α,β-unsaturated/α-hetero) is 1. The van der Waals surface area contributed by atoms with Gasteiger partial charge in [-0.1, -0.05) is 24.3 Å². The van der Waals surface area contributed by atoms with Crippen molar-refractivity contribution in [3.05, 3.63) is 35.4 Å². The highest BCUT2D eigenvalue weighted by atomic mass is 16.5. The van der Waals surface area contributed by atoms with E-state index >= 15 is 0 Å². The molecule has 1 aromatic rings. The molecule has 2 heteroatoms. The number of ether oxygens (including phenoxy) is 1. The van der Waals surface area contributed by atoms with Gasteiger partial charge in [0.05, 0.1) is 6.10 Å². The Labute approximate surface area is 96.6 Å². The van der Waals surface area contributed by atoms with Crippen LogP contribution in [0.2, 0.25) is 0 Å². The van der Waals surface area contributed by atoms with Crippen molar-refractivity contribution >= 4 is 5.78 Å². The molecule has 0 saturated carbocycles. The standard InChI is InChI=1S/C14H18O2/c1-10-5-3-4-6-12(10)9-14(15)13-7-8-16-11(13)2/h3-6,11,13H,7-9H2,1-2H3. The Kier molecular flexibility index (Phi) is 3.39. The number of ketones is 1. The van der Waals surface area contributed by atoms with Crippen LogP contribution in [0, 0.1) is 12.8 Å². The second-order valence-electron chi connectivity index (χ2n) is 4.54. The van der Waals surface area contributed by atoms with Crippen LogP contribution < -0.4 is 0 Å².